The number of benzene rings is 1. The van der Waals surface area contributed by atoms with Crippen molar-refractivity contribution in [3.8, 4) is 5.75 Å². The van der Waals surface area contributed by atoms with Crippen LogP contribution in [0.2, 0.25) is 5.02 Å². The summed E-state index contributed by atoms with van der Waals surface area (Å²) in [5.74, 6) is -0.337. The third-order valence-electron chi connectivity index (χ3n) is 2.97. The second kappa shape index (κ2) is 7.67. The van der Waals surface area contributed by atoms with Gasteiger partial charge in [-0.2, -0.15) is 0 Å². The lowest BCUT2D eigenvalue weighted by atomic mass is 10.2. The zero-order chi connectivity index (χ0) is 13.8. The Kier molecular flexibility index (Phi) is 6.52. The Labute approximate surface area is 128 Å². The number of hydrogen-bond acceptors (Lipinski definition) is 3. The normalized spacial score (nSPS) is 19.1. The van der Waals surface area contributed by atoms with Crippen molar-refractivity contribution in [1.29, 1.82) is 0 Å². The number of rotatable bonds is 4. The van der Waals surface area contributed by atoms with Crippen LogP contribution in [0.25, 0.3) is 0 Å². The molecule has 0 aliphatic carbocycles. The van der Waals surface area contributed by atoms with Gasteiger partial charge in [0.1, 0.15) is 11.6 Å². The van der Waals surface area contributed by atoms with Crippen molar-refractivity contribution < 1.29 is 13.9 Å². The molecule has 0 aromatic heterocycles. The fourth-order valence-electron chi connectivity index (χ4n) is 1.91. The minimum absolute atomic E-state index is 0. The van der Waals surface area contributed by atoms with Gasteiger partial charge in [-0.15, -0.1) is 12.4 Å². The molecule has 4 nitrogen and oxygen atoms in total. The molecule has 1 heterocycles. The van der Waals surface area contributed by atoms with Gasteiger partial charge >= 0.3 is 0 Å². The van der Waals surface area contributed by atoms with E-state index in [1.807, 2.05) is 0 Å². The van der Waals surface area contributed by atoms with E-state index in [4.69, 9.17) is 16.3 Å². The fraction of sp³-hybridized carbons (Fsp3) is 0.462. The first-order valence-corrected chi connectivity index (χ1v) is 6.57. The van der Waals surface area contributed by atoms with Gasteiger partial charge in [-0.3, -0.25) is 4.79 Å². The van der Waals surface area contributed by atoms with Gasteiger partial charge in [0, 0.05) is 12.6 Å². The largest absolute Gasteiger partial charge is 0.479 e. The van der Waals surface area contributed by atoms with E-state index in [1.165, 1.54) is 12.1 Å². The molecule has 112 valence electrons. The van der Waals surface area contributed by atoms with Crippen LogP contribution in [0.4, 0.5) is 4.39 Å². The van der Waals surface area contributed by atoms with Crippen molar-refractivity contribution in [1.82, 2.24) is 10.6 Å². The van der Waals surface area contributed by atoms with Crippen molar-refractivity contribution in [2.24, 2.45) is 0 Å². The van der Waals surface area contributed by atoms with Crippen LogP contribution >= 0.6 is 24.0 Å². The molecule has 2 atom stereocenters. The van der Waals surface area contributed by atoms with Crippen molar-refractivity contribution >= 4 is 29.9 Å². The molecular formula is C13H17Cl2FN2O2. The third kappa shape index (κ3) is 4.51. The Bertz CT molecular complexity index is 468. The Morgan fingerprint density at radius 1 is 1.60 bits per heavy atom. The summed E-state index contributed by atoms with van der Waals surface area (Å²) in [6.07, 6.45) is 0.235. The maximum atomic E-state index is 12.9. The minimum Gasteiger partial charge on any atom is -0.479 e. The number of nitrogens with one attached hydrogen (secondary N) is 2. The lowest BCUT2D eigenvalue weighted by Gasteiger charge is -2.18. The summed E-state index contributed by atoms with van der Waals surface area (Å²) in [7, 11) is 0. The van der Waals surface area contributed by atoms with Gasteiger partial charge in [-0.05, 0) is 38.1 Å². The van der Waals surface area contributed by atoms with Gasteiger partial charge in [-0.25, -0.2) is 4.39 Å². The lowest BCUT2D eigenvalue weighted by Crippen LogP contribution is -2.43. The van der Waals surface area contributed by atoms with Crippen LogP contribution < -0.4 is 15.4 Å². The SMILES string of the molecule is CC(Oc1ccc(F)cc1Cl)C(=O)NC1CCNC1.Cl. The summed E-state index contributed by atoms with van der Waals surface area (Å²) >= 11 is 5.84. The quantitative estimate of drug-likeness (QED) is 0.893. The summed E-state index contributed by atoms with van der Waals surface area (Å²) in [6.45, 7) is 3.32. The summed E-state index contributed by atoms with van der Waals surface area (Å²) in [4.78, 5) is 11.9. The molecule has 2 unspecified atom stereocenters. The predicted molar refractivity (Wildman–Crippen MR) is 78.2 cm³/mol. The average Bonchev–Trinajstić information content (AvgIpc) is 2.85. The van der Waals surface area contributed by atoms with E-state index < -0.39 is 11.9 Å². The fourth-order valence-corrected chi connectivity index (χ4v) is 2.12. The van der Waals surface area contributed by atoms with E-state index in [0.717, 1.165) is 25.6 Å². The smallest absolute Gasteiger partial charge is 0.261 e. The van der Waals surface area contributed by atoms with Gasteiger partial charge in [0.05, 0.1) is 5.02 Å². The van der Waals surface area contributed by atoms with Gasteiger partial charge in [0.15, 0.2) is 6.10 Å². The molecule has 1 fully saturated rings. The van der Waals surface area contributed by atoms with E-state index in [0.29, 0.717) is 5.75 Å². The molecule has 1 saturated heterocycles. The van der Waals surface area contributed by atoms with Gasteiger partial charge in [0.25, 0.3) is 5.91 Å². The van der Waals surface area contributed by atoms with E-state index in [1.54, 1.807) is 6.92 Å². The number of carbonyl (C=O) groups excluding carboxylic acids is 1. The molecule has 0 saturated carbocycles. The number of halogens is 3. The van der Waals surface area contributed by atoms with Crippen LogP contribution in [0.15, 0.2) is 18.2 Å². The molecule has 0 spiro atoms. The topological polar surface area (TPSA) is 50.4 Å². The zero-order valence-corrected chi connectivity index (χ0v) is 12.6. The van der Waals surface area contributed by atoms with E-state index in [2.05, 4.69) is 10.6 Å². The standard InChI is InChI=1S/C13H16ClFN2O2.ClH/c1-8(13(18)17-10-4-5-16-7-10)19-12-3-2-9(15)6-11(12)14;/h2-3,6,8,10,16H,4-5,7H2,1H3,(H,17,18);1H. The molecule has 0 bridgehead atoms. The van der Waals surface area contributed by atoms with E-state index in [9.17, 15) is 9.18 Å². The highest BCUT2D eigenvalue weighted by molar-refractivity contribution is 6.32. The van der Waals surface area contributed by atoms with Crippen LogP contribution in [0.3, 0.4) is 0 Å². The molecule has 0 radical (unpaired) electrons. The van der Waals surface area contributed by atoms with Gasteiger partial charge < -0.3 is 15.4 Å². The summed E-state index contributed by atoms with van der Waals surface area (Å²) in [6, 6.07) is 3.95. The second-order valence-corrected chi connectivity index (χ2v) is 4.94. The van der Waals surface area contributed by atoms with Gasteiger partial charge in [0.2, 0.25) is 0 Å². The van der Waals surface area contributed by atoms with Crippen LogP contribution in [0.5, 0.6) is 5.75 Å². The van der Waals surface area contributed by atoms with Gasteiger partial charge in [-0.1, -0.05) is 11.6 Å². The van der Waals surface area contributed by atoms with E-state index >= 15 is 0 Å². The van der Waals surface area contributed by atoms with Crippen molar-refractivity contribution in [2.75, 3.05) is 13.1 Å². The summed E-state index contributed by atoms with van der Waals surface area (Å²) in [5.41, 5.74) is 0. The summed E-state index contributed by atoms with van der Waals surface area (Å²) in [5, 5.41) is 6.20. The first-order chi connectivity index (χ1) is 9.06. The molecule has 1 aromatic carbocycles. The van der Waals surface area contributed by atoms with Crippen molar-refractivity contribution in [2.45, 2.75) is 25.5 Å². The summed E-state index contributed by atoms with van der Waals surface area (Å²) < 4.78 is 18.3. The van der Waals surface area contributed by atoms with E-state index in [-0.39, 0.29) is 29.4 Å². The molecule has 7 heteroatoms. The molecule has 2 N–H and O–H groups in total. The average molecular weight is 323 g/mol. The number of carbonyl (C=O) groups is 1. The van der Waals surface area contributed by atoms with Crippen LogP contribution in [0.1, 0.15) is 13.3 Å². The Balaban J connectivity index is 0.00000200. The lowest BCUT2D eigenvalue weighted by molar-refractivity contribution is -0.127. The molecule has 1 amide bonds. The Morgan fingerprint density at radius 3 is 2.95 bits per heavy atom. The van der Waals surface area contributed by atoms with Crippen LogP contribution in [0, 0.1) is 5.82 Å². The number of ether oxygens (including phenoxy) is 1. The molecule has 2 rings (SSSR count). The Hall–Kier alpha value is -1.04. The number of amides is 1. The van der Waals surface area contributed by atoms with Crippen LogP contribution in [-0.2, 0) is 4.79 Å². The predicted octanol–water partition coefficient (Wildman–Crippen LogP) is 2.15. The first-order valence-electron chi connectivity index (χ1n) is 6.19. The number of hydrogen-bond donors (Lipinski definition) is 2. The maximum absolute atomic E-state index is 12.9. The van der Waals surface area contributed by atoms with Crippen LogP contribution in [-0.4, -0.2) is 31.1 Å². The molecule has 1 aromatic rings. The molecule has 1 aliphatic heterocycles. The third-order valence-corrected chi connectivity index (χ3v) is 3.27. The monoisotopic (exact) mass is 322 g/mol. The molecule has 20 heavy (non-hydrogen) atoms. The molecule has 1 aliphatic rings. The highest BCUT2D eigenvalue weighted by Crippen LogP contribution is 2.25. The highest BCUT2D eigenvalue weighted by atomic mass is 35.5. The van der Waals surface area contributed by atoms with Crippen molar-refractivity contribution in [3.63, 3.8) is 0 Å². The second-order valence-electron chi connectivity index (χ2n) is 4.53. The zero-order valence-electron chi connectivity index (χ0n) is 11.0. The first kappa shape index (κ1) is 17.0. The molecular weight excluding hydrogens is 306 g/mol. The minimum atomic E-state index is -0.677. The maximum Gasteiger partial charge on any atom is 0.261 e. The Morgan fingerprint density at radius 2 is 2.35 bits per heavy atom. The van der Waals surface area contributed by atoms with Crippen molar-refractivity contribution in [3.05, 3.63) is 29.0 Å². The highest BCUT2D eigenvalue weighted by Gasteiger charge is 2.22.